The highest BCUT2D eigenvalue weighted by Crippen LogP contribution is 2.64. The summed E-state index contributed by atoms with van der Waals surface area (Å²) < 4.78 is 6.65. The van der Waals surface area contributed by atoms with Gasteiger partial charge in [-0.2, -0.15) is 0 Å². The molecule has 3 heterocycles. The van der Waals surface area contributed by atoms with E-state index < -0.39 is 35.1 Å². The number of fused-ring (bicyclic) bond motifs is 1. The quantitative estimate of drug-likeness (QED) is 0.423. The van der Waals surface area contributed by atoms with Crippen LogP contribution in [0.25, 0.3) is 0 Å². The number of nitrogens with one attached hydrogen (secondary N) is 2. The number of aliphatic hydroxyl groups is 1. The highest BCUT2D eigenvalue weighted by molar-refractivity contribution is 5.99. The topological polar surface area (TPSA) is 108 Å². The average molecular weight is 438 g/mol. The fourth-order valence-corrected chi connectivity index (χ4v) is 6.00. The van der Waals surface area contributed by atoms with Crippen molar-refractivity contribution in [3.05, 3.63) is 0 Å². The second-order valence-electron chi connectivity index (χ2n) is 9.26. The van der Waals surface area contributed by atoms with Gasteiger partial charge in [0.1, 0.15) is 11.6 Å². The molecule has 3 saturated heterocycles. The molecule has 2 unspecified atom stereocenters. The molecule has 0 radical (unpaired) electrons. The predicted molar refractivity (Wildman–Crippen MR) is 116 cm³/mol. The lowest BCUT2D eigenvalue weighted by Crippen LogP contribution is -2.58. The van der Waals surface area contributed by atoms with Gasteiger partial charge < -0.3 is 25.4 Å². The largest absolute Gasteiger partial charge is 0.394 e. The molecule has 3 fully saturated rings. The van der Waals surface area contributed by atoms with E-state index in [1.165, 1.54) is 4.90 Å². The van der Waals surface area contributed by atoms with E-state index in [0.29, 0.717) is 38.8 Å². The van der Waals surface area contributed by atoms with Crippen molar-refractivity contribution in [2.75, 3.05) is 19.7 Å². The molecule has 0 saturated carbocycles. The Hall–Kier alpha value is -1.67. The Bertz CT molecular complexity index is 697. The lowest BCUT2D eigenvalue weighted by Gasteiger charge is -2.37. The van der Waals surface area contributed by atoms with E-state index in [4.69, 9.17) is 4.74 Å². The number of amides is 3. The Kier molecular flexibility index (Phi) is 7.31. The molecule has 6 atom stereocenters. The fraction of sp³-hybridized carbons (Fsp3) is 0.870. The van der Waals surface area contributed by atoms with Crippen molar-refractivity contribution in [2.24, 2.45) is 11.8 Å². The second kappa shape index (κ2) is 9.45. The summed E-state index contributed by atoms with van der Waals surface area (Å²) in [4.78, 5) is 42.0. The van der Waals surface area contributed by atoms with Crippen LogP contribution in [-0.2, 0) is 19.1 Å². The van der Waals surface area contributed by atoms with Gasteiger partial charge in [0.15, 0.2) is 0 Å². The van der Waals surface area contributed by atoms with E-state index in [2.05, 4.69) is 17.6 Å². The average Bonchev–Trinajstić information content (AvgIpc) is 3.37. The minimum atomic E-state index is -1.01. The molecule has 0 aromatic heterocycles. The van der Waals surface area contributed by atoms with Crippen molar-refractivity contribution in [3.8, 4) is 0 Å². The van der Waals surface area contributed by atoms with Gasteiger partial charge in [-0.05, 0) is 38.5 Å². The number of likely N-dealkylation sites (tertiary alicyclic amines) is 1. The zero-order valence-electron chi connectivity index (χ0n) is 19.4. The highest BCUT2D eigenvalue weighted by Gasteiger charge is 2.78. The number of carbonyl (C=O) groups is 3. The van der Waals surface area contributed by atoms with Gasteiger partial charge in [0, 0.05) is 13.1 Å². The molecular formula is C23H39N3O5. The molecule has 1 spiro atoms. The van der Waals surface area contributed by atoms with Gasteiger partial charge in [-0.1, -0.05) is 34.1 Å². The summed E-state index contributed by atoms with van der Waals surface area (Å²) in [5, 5.41) is 15.9. The standard InChI is InChI=1S/C23H39N3O5/c1-5-9-13-25-20(29)18-23-11-10-22(8-4,31-23)16(19(28)24-12-6-2)17(23)21(30)26(18)15(7-3)14-27/h15-18,27H,5-14H2,1-4H3,(H,24,28)(H,25,29)/t15-,16-,17-,18?,22+,23?/m0/s1. The van der Waals surface area contributed by atoms with Crippen molar-refractivity contribution < 1.29 is 24.2 Å². The van der Waals surface area contributed by atoms with Gasteiger partial charge in [0.05, 0.1) is 30.1 Å². The van der Waals surface area contributed by atoms with E-state index in [-0.39, 0.29) is 24.3 Å². The molecule has 0 aromatic rings. The van der Waals surface area contributed by atoms with Crippen molar-refractivity contribution in [2.45, 2.75) is 95.9 Å². The first-order chi connectivity index (χ1) is 14.9. The molecule has 2 bridgehead atoms. The summed E-state index contributed by atoms with van der Waals surface area (Å²) >= 11 is 0. The summed E-state index contributed by atoms with van der Waals surface area (Å²) in [7, 11) is 0. The lowest BCUT2D eigenvalue weighted by atomic mass is 9.65. The van der Waals surface area contributed by atoms with Gasteiger partial charge in [-0.3, -0.25) is 14.4 Å². The van der Waals surface area contributed by atoms with Crippen molar-refractivity contribution in [3.63, 3.8) is 0 Å². The van der Waals surface area contributed by atoms with Crippen molar-refractivity contribution in [1.29, 1.82) is 0 Å². The predicted octanol–water partition coefficient (Wildman–Crippen LogP) is 1.35. The number of rotatable bonds is 11. The molecule has 3 aliphatic heterocycles. The molecule has 8 heteroatoms. The number of hydrogen-bond acceptors (Lipinski definition) is 5. The van der Waals surface area contributed by atoms with Gasteiger partial charge in [-0.15, -0.1) is 0 Å². The van der Waals surface area contributed by atoms with Gasteiger partial charge in [0.2, 0.25) is 17.7 Å². The molecule has 176 valence electrons. The third-order valence-electron chi connectivity index (χ3n) is 7.60. The first-order valence-electron chi connectivity index (χ1n) is 12.1. The fourth-order valence-electron chi connectivity index (χ4n) is 6.00. The van der Waals surface area contributed by atoms with Crippen LogP contribution < -0.4 is 10.6 Å². The molecular weight excluding hydrogens is 398 g/mol. The Morgan fingerprint density at radius 3 is 2.42 bits per heavy atom. The van der Waals surface area contributed by atoms with Crippen LogP contribution >= 0.6 is 0 Å². The van der Waals surface area contributed by atoms with Crippen LogP contribution in [0.2, 0.25) is 0 Å². The summed E-state index contributed by atoms with van der Waals surface area (Å²) in [6, 6.07) is -1.30. The number of carbonyl (C=O) groups excluding carboxylic acids is 3. The van der Waals surface area contributed by atoms with E-state index in [1.807, 2.05) is 20.8 Å². The number of ether oxygens (including phenoxy) is 1. The van der Waals surface area contributed by atoms with Gasteiger partial charge in [-0.25, -0.2) is 0 Å². The third-order valence-corrected chi connectivity index (χ3v) is 7.60. The van der Waals surface area contributed by atoms with Crippen LogP contribution in [0.3, 0.4) is 0 Å². The SMILES string of the molecule is CCCCNC(=O)C1N([C@@H](CC)CO)C(=O)[C@@H]2[C@@H](C(=O)NCCC)[C@@]3(CC)CCC12O3. The minimum Gasteiger partial charge on any atom is -0.394 e. The molecule has 31 heavy (non-hydrogen) atoms. The van der Waals surface area contributed by atoms with Crippen LogP contribution in [0.1, 0.15) is 72.6 Å². The molecule has 3 amide bonds. The molecule has 3 aliphatic rings. The Morgan fingerprint density at radius 1 is 1.13 bits per heavy atom. The van der Waals surface area contributed by atoms with Gasteiger partial charge in [0.25, 0.3) is 0 Å². The highest BCUT2D eigenvalue weighted by atomic mass is 16.5. The van der Waals surface area contributed by atoms with E-state index >= 15 is 0 Å². The van der Waals surface area contributed by atoms with Gasteiger partial charge >= 0.3 is 0 Å². The summed E-state index contributed by atoms with van der Waals surface area (Å²) in [6.45, 7) is 8.77. The maximum atomic E-state index is 13.8. The van der Waals surface area contributed by atoms with Crippen LogP contribution in [0.15, 0.2) is 0 Å². The van der Waals surface area contributed by atoms with E-state index in [0.717, 1.165) is 19.3 Å². The Balaban J connectivity index is 2.03. The second-order valence-corrected chi connectivity index (χ2v) is 9.26. The summed E-state index contributed by atoms with van der Waals surface area (Å²) in [6.07, 6.45) is 4.96. The van der Waals surface area contributed by atoms with E-state index in [9.17, 15) is 19.5 Å². The van der Waals surface area contributed by atoms with Crippen LogP contribution in [0, 0.1) is 11.8 Å². The lowest BCUT2D eigenvalue weighted by molar-refractivity contribution is -0.151. The summed E-state index contributed by atoms with van der Waals surface area (Å²) in [5.41, 5.74) is -1.73. The normalized spacial score (nSPS) is 34.7. The smallest absolute Gasteiger partial charge is 0.245 e. The minimum absolute atomic E-state index is 0.160. The zero-order chi connectivity index (χ0) is 22.8. The Labute approximate surface area is 185 Å². The number of aliphatic hydroxyl groups excluding tert-OH is 1. The molecule has 3 rings (SSSR count). The molecule has 8 nitrogen and oxygen atoms in total. The first kappa shape index (κ1) is 24.0. The molecule has 0 aromatic carbocycles. The van der Waals surface area contributed by atoms with Crippen molar-refractivity contribution >= 4 is 17.7 Å². The number of hydrogen-bond donors (Lipinski definition) is 3. The Morgan fingerprint density at radius 2 is 1.84 bits per heavy atom. The van der Waals surface area contributed by atoms with Crippen LogP contribution in [-0.4, -0.2) is 70.7 Å². The third kappa shape index (κ3) is 3.65. The monoisotopic (exact) mass is 437 g/mol. The maximum Gasteiger partial charge on any atom is 0.245 e. The molecule has 0 aliphatic carbocycles. The first-order valence-corrected chi connectivity index (χ1v) is 12.1. The zero-order valence-corrected chi connectivity index (χ0v) is 19.4. The molecule has 3 N–H and O–H groups in total. The maximum absolute atomic E-state index is 13.8. The summed E-state index contributed by atoms with van der Waals surface area (Å²) in [5.74, 6) is -1.94. The van der Waals surface area contributed by atoms with Crippen LogP contribution in [0.5, 0.6) is 0 Å². The number of unbranched alkanes of at least 4 members (excludes halogenated alkanes) is 1. The van der Waals surface area contributed by atoms with E-state index in [1.54, 1.807) is 0 Å². The van der Waals surface area contributed by atoms with Crippen molar-refractivity contribution in [1.82, 2.24) is 15.5 Å². The number of nitrogens with zero attached hydrogens (tertiary/aromatic N) is 1. The van der Waals surface area contributed by atoms with Crippen LogP contribution in [0.4, 0.5) is 0 Å².